The van der Waals surface area contributed by atoms with E-state index in [1.165, 1.54) is 0 Å². The Hall–Kier alpha value is -1.49. The van der Waals surface area contributed by atoms with Gasteiger partial charge in [-0.2, -0.15) is 9.61 Å². The van der Waals surface area contributed by atoms with E-state index >= 15 is 0 Å². The fraction of sp³-hybridized carbons (Fsp3) is 0.500. The molecule has 0 aliphatic carbocycles. The van der Waals surface area contributed by atoms with Crippen LogP contribution >= 0.6 is 0 Å². The van der Waals surface area contributed by atoms with Crippen LogP contribution in [0.25, 0.3) is 5.65 Å². The number of aryl methyl sites for hydroxylation is 1. The van der Waals surface area contributed by atoms with Gasteiger partial charge in [-0.05, 0) is 25.0 Å². The number of rotatable bonds is 2. The van der Waals surface area contributed by atoms with Gasteiger partial charge in [0.15, 0.2) is 11.5 Å². The second-order valence-corrected chi connectivity index (χ2v) is 4.07. The van der Waals surface area contributed by atoms with Crippen molar-refractivity contribution in [2.24, 2.45) is 11.7 Å². The summed E-state index contributed by atoms with van der Waals surface area (Å²) in [4.78, 5) is 0. The van der Waals surface area contributed by atoms with Gasteiger partial charge in [0.1, 0.15) is 0 Å². The standard InChI is InChI=1S/C10H15N5/c1-6(2)9(11)10-13-12-8-5-4-7(3)14-15(8)10/h4-6,9H,11H2,1-3H3. The van der Waals surface area contributed by atoms with Gasteiger partial charge in [-0.3, -0.25) is 0 Å². The molecule has 5 nitrogen and oxygen atoms in total. The zero-order valence-electron chi connectivity index (χ0n) is 9.18. The summed E-state index contributed by atoms with van der Waals surface area (Å²) in [7, 11) is 0. The number of nitrogens with two attached hydrogens (primary N) is 1. The minimum Gasteiger partial charge on any atom is -0.321 e. The molecule has 2 N–H and O–H groups in total. The number of hydrogen-bond acceptors (Lipinski definition) is 4. The lowest BCUT2D eigenvalue weighted by atomic mass is 10.1. The average molecular weight is 205 g/mol. The topological polar surface area (TPSA) is 69.1 Å². The van der Waals surface area contributed by atoms with Crippen molar-refractivity contribution in [3.8, 4) is 0 Å². The van der Waals surface area contributed by atoms with Crippen molar-refractivity contribution in [1.29, 1.82) is 0 Å². The lowest BCUT2D eigenvalue weighted by molar-refractivity contribution is 0.479. The molecule has 80 valence electrons. The summed E-state index contributed by atoms with van der Waals surface area (Å²) in [5.41, 5.74) is 7.71. The summed E-state index contributed by atoms with van der Waals surface area (Å²) in [5.74, 6) is 1.04. The molecule has 0 aromatic carbocycles. The maximum absolute atomic E-state index is 6.04. The van der Waals surface area contributed by atoms with Gasteiger partial charge in [0.25, 0.3) is 0 Å². The summed E-state index contributed by atoms with van der Waals surface area (Å²) in [6.45, 7) is 6.05. The van der Waals surface area contributed by atoms with Crippen LogP contribution in [-0.4, -0.2) is 19.8 Å². The highest BCUT2D eigenvalue weighted by Gasteiger charge is 2.17. The summed E-state index contributed by atoms with van der Waals surface area (Å²) < 4.78 is 1.72. The molecule has 0 bridgehead atoms. The van der Waals surface area contributed by atoms with Crippen LogP contribution in [0.4, 0.5) is 0 Å². The van der Waals surface area contributed by atoms with Gasteiger partial charge in [0.05, 0.1) is 11.7 Å². The van der Waals surface area contributed by atoms with E-state index in [1.807, 2.05) is 19.1 Å². The van der Waals surface area contributed by atoms with Crippen LogP contribution in [0, 0.1) is 12.8 Å². The molecule has 1 atom stereocenters. The van der Waals surface area contributed by atoms with Crippen LogP contribution in [0.15, 0.2) is 12.1 Å². The molecule has 15 heavy (non-hydrogen) atoms. The Balaban J connectivity index is 2.56. The molecule has 0 amide bonds. The third-order valence-electron chi connectivity index (χ3n) is 2.44. The molecule has 0 radical (unpaired) electrons. The monoisotopic (exact) mass is 205 g/mol. The van der Waals surface area contributed by atoms with Crippen LogP contribution in [0.5, 0.6) is 0 Å². The van der Waals surface area contributed by atoms with E-state index in [9.17, 15) is 0 Å². The predicted molar refractivity (Wildman–Crippen MR) is 57.3 cm³/mol. The maximum Gasteiger partial charge on any atom is 0.177 e. The van der Waals surface area contributed by atoms with Crippen molar-refractivity contribution < 1.29 is 0 Å². The Labute approximate surface area is 88.3 Å². The first kappa shape index (κ1) is 10.0. The van der Waals surface area contributed by atoms with Crippen LogP contribution in [0.3, 0.4) is 0 Å². The lowest BCUT2D eigenvalue weighted by Crippen LogP contribution is -2.20. The lowest BCUT2D eigenvalue weighted by Gasteiger charge is -2.12. The molecule has 2 heterocycles. The third-order valence-corrected chi connectivity index (χ3v) is 2.44. The van der Waals surface area contributed by atoms with Crippen LogP contribution in [0.2, 0.25) is 0 Å². The predicted octanol–water partition coefficient (Wildman–Crippen LogP) is 1.09. The van der Waals surface area contributed by atoms with E-state index in [2.05, 4.69) is 29.1 Å². The van der Waals surface area contributed by atoms with Crippen molar-refractivity contribution in [3.63, 3.8) is 0 Å². The van der Waals surface area contributed by atoms with Gasteiger partial charge >= 0.3 is 0 Å². The molecule has 0 saturated heterocycles. The van der Waals surface area contributed by atoms with Gasteiger partial charge in [0, 0.05) is 0 Å². The number of fused-ring (bicyclic) bond motifs is 1. The number of hydrogen-bond donors (Lipinski definition) is 1. The van der Waals surface area contributed by atoms with Crippen molar-refractivity contribution in [2.45, 2.75) is 26.8 Å². The number of nitrogens with zero attached hydrogens (tertiary/aromatic N) is 4. The highest BCUT2D eigenvalue weighted by atomic mass is 15.4. The summed E-state index contributed by atoms with van der Waals surface area (Å²) in [6, 6.07) is 3.68. The molecule has 0 spiro atoms. The largest absolute Gasteiger partial charge is 0.321 e. The molecule has 0 aliphatic rings. The first-order valence-corrected chi connectivity index (χ1v) is 5.04. The van der Waals surface area contributed by atoms with Crippen molar-refractivity contribution >= 4 is 5.65 Å². The molecular weight excluding hydrogens is 190 g/mol. The van der Waals surface area contributed by atoms with Crippen molar-refractivity contribution in [1.82, 2.24) is 19.8 Å². The second-order valence-electron chi connectivity index (χ2n) is 4.07. The van der Waals surface area contributed by atoms with Crippen LogP contribution in [-0.2, 0) is 0 Å². The first-order valence-electron chi connectivity index (χ1n) is 5.04. The minimum atomic E-state index is -0.130. The molecule has 2 aromatic heterocycles. The summed E-state index contributed by atoms with van der Waals surface area (Å²) in [6.07, 6.45) is 0. The third kappa shape index (κ3) is 1.70. The average Bonchev–Trinajstić information content (AvgIpc) is 2.59. The molecule has 0 saturated carbocycles. The second kappa shape index (κ2) is 3.58. The fourth-order valence-corrected chi connectivity index (χ4v) is 1.40. The highest BCUT2D eigenvalue weighted by molar-refractivity contribution is 5.36. The molecule has 0 fully saturated rings. The summed E-state index contributed by atoms with van der Waals surface area (Å²) >= 11 is 0. The summed E-state index contributed by atoms with van der Waals surface area (Å²) in [5, 5.41) is 12.5. The molecule has 0 aliphatic heterocycles. The molecule has 5 heteroatoms. The van der Waals surface area contributed by atoms with E-state index < -0.39 is 0 Å². The molecular formula is C10H15N5. The van der Waals surface area contributed by atoms with E-state index in [1.54, 1.807) is 4.52 Å². The Morgan fingerprint density at radius 1 is 1.27 bits per heavy atom. The quantitative estimate of drug-likeness (QED) is 0.796. The Morgan fingerprint density at radius 2 is 2.00 bits per heavy atom. The maximum atomic E-state index is 6.04. The Bertz CT molecular complexity index is 474. The molecule has 2 aromatic rings. The number of aromatic nitrogens is 4. The van der Waals surface area contributed by atoms with E-state index in [-0.39, 0.29) is 6.04 Å². The highest BCUT2D eigenvalue weighted by Crippen LogP contribution is 2.16. The van der Waals surface area contributed by atoms with Gasteiger partial charge in [-0.15, -0.1) is 10.2 Å². The van der Waals surface area contributed by atoms with Gasteiger partial charge in [-0.25, -0.2) is 0 Å². The molecule has 1 unspecified atom stereocenters. The normalized spacial score (nSPS) is 13.7. The molecule has 2 rings (SSSR count). The SMILES string of the molecule is Cc1ccc2nnc(C(N)C(C)C)n2n1. The van der Waals surface area contributed by atoms with Crippen molar-refractivity contribution in [3.05, 3.63) is 23.7 Å². The van der Waals surface area contributed by atoms with E-state index in [4.69, 9.17) is 5.73 Å². The fourth-order valence-electron chi connectivity index (χ4n) is 1.40. The van der Waals surface area contributed by atoms with Gasteiger partial charge < -0.3 is 5.73 Å². The van der Waals surface area contributed by atoms with E-state index in [0.29, 0.717) is 5.92 Å². The van der Waals surface area contributed by atoms with Gasteiger partial charge in [0.2, 0.25) is 0 Å². The zero-order valence-corrected chi connectivity index (χ0v) is 9.18. The van der Waals surface area contributed by atoms with Crippen LogP contribution in [0.1, 0.15) is 31.4 Å². The first-order chi connectivity index (χ1) is 7.09. The Kier molecular flexibility index (Phi) is 2.40. The smallest absolute Gasteiger partial charge is 0.177 e. The van der Waals surface area contributed by atoms with Crippen molar-refractivity contribution in [2.75, 3.05) is 0 Å². The van der Waals surface area contributed by atoms with Crippen LogP contribution < -0.4 is 5.73 Å². The van der Waals surface area contributed by atoms with Gasteiger partial charge in [-0.1, -0.05) is 13.8 Å². The minimum absolute atomic E-state index is 0.130. The zero-order chi connectivity index (χ0) is 11.0. The Morgan fingerprint density at radius 3 is 2.67 bits per heavy atom. The van der Waals surface area contributed by atoms with E-state index in [0.717, 1.165) is 17.2 Å².